The van der Waals surface area contributed by atoms with Crippen molar-refractivity contribution in [3.8, 4) is 0 Å². The quantitative estimate of drug-likeness (QED) is 0.520. The van der Waals surface area contributed by atoms with Crippen molar-refractivity contribution >= 4 is 36.8 Å². The highest BCUT2D eigenvalue weighted by Gasteiger charge is 2.59. The minimum atomic E-state index is -0.0875. The van der Waals surface area contributed by atoms with Gasteiger partial charge in [0.05, 0.1) is 0 Å². The predicted octanol–water partition coefficient (Wildman–Crippen LogP) is 5.34. The molecule has 0 amide bonds. The lowest BCUT2D eigenvalue weighted by Crippen LogP contribution is -2.42. The van der Waals surface area contributed by atoms with Crippen LogP contribution in [0.3, 0.4) is 0 Å². The Morgan fingerprint density at radius 2 is 0.857 bits per heavy atom. The lowest BCUT2D eigenvalue weighted by atomic mass is 9.54. The summed E-state index contributed by atoms with van der Waals surface area (Å²) >= 11 is 8.88. The van der Waals surface area contributed by atoms with E-state index in [-0.39, 0.29) is 29.3 Å². The van der Waals surface area contributed by atoms with Gasteiger partial charge in [0.2, 0.25) is 11.6 Å². The van der Waals surface area contributed by atoms with E-state index in [2.05, 4.69) is 73.8 Å². The molecule has 3 fully saturated rings. The van der Waals surface area contributed by atoms with E-state index in [1.54, 1.807) is 0 Å². The van der Waals surface area contributed by atoms with Gasteiger partial charge < -0.3 is 0 Å². The Labute approximate surface area is 176 Å². The fourth-order valence-electron chi connectivity index (χ4n) is 6.32. The average Bonchev–Trinajstić information content (AvgIpc) is 2.96. The van der Waals surface area contributed by atoms with Gasteiger partial charge in [-0.3, -0.25) is 9.59 Å². The summed E-state index contributed by atoms with van der Waals surface area (Å²) in [5, 5.41) is 0. The second-order valence-electron chi connectivity index (χ2n) is 8.65. The molecule has 28 heavy (non-hydrogen) atoms. The molecule has 2 nitrogen and oxygen atoms in total. The Morgan fingerprint density at radius 1 is 0.536 bits per heavy atom. The van der Waals surface area contributed by atoms with Gasteiger partial charge in [0.1, 0.15) is 0 Å². The van der Waals surface area contributed by atoms with Crippen LogP contribution in [-0.2, 0) is 9.59 Å². The predicted molar refractivity (Wildman–Crippen MR) is 115 cm³/mol. The van der Waals surface area contributed by atoms with Crippen molar-refractivity contribution in [2.75, 3.05) is 0 Å². The van der Waals surface area contributed by atoms with Crippen LogP contribution < -0.4 is 0 Å². The van der Waals surface area contributed by atoms with Crippen LogP contribution in [0.15, 0.2) is 58.3 Å². The molecule has 0 bridgehead atoms. The molecule has 0 saturated heterocycles. The standard InChI is InChI=1S/C24H24O2S2/c25-23-19-11-9-17(13-1-5-15(27)6-2-13)21-18(14-3-7-16(28)8-4-14)10-12-20(22(19)21)24(23)26/h1-8,17-22,27-28H,9-12H2. The number of carbonyl (C=O) groups excluding carboxylic acids is 2. The van der Waals surface area contributed by atoms with Crippen molar-refractivity contribution in [1.29, 1.82) is 0 Å². The number of Topliss-reactive ketones (excluding diaryl/α,β-unsaturated/α-hetero) is 2. The Morgan fingerprint density at radius 3 is 1.25 bits per heavy atom. The highest BCUT2D eigenvalue weighted by atomic mass is 32.1. The second kappa shape index (κ2) is 7.07. The van der Waals surface area contributed by atoms with E-state index < -0.39 is 0 Å². The van der Waals surface area contributed by atoms with Crippen molar-refractivity contribution in [1.82, 2.24) is 0 Å². The first-order valence-electron chi connectivity index (χ1n) is 10.2. The number of hydrogen-bond donors (Lipinski definition) is 2. The molecule has 5 rings (SSSR count). The molecule has 3 saturated carbocycles. The summed E-state index contributed by atoms with van der Waals surface area (Å²) in [6.07, 6.45) is 3.64. The van der Waals surface area contributed by atoms with Gasteiger partial charge in [0.15, 0.2) is 0 Å². The zero-order valence-corrected chi connectivity index (χ0v) is 17.4. The van der Waals surface area contributed by atoms with Crippen LogP contribution in [0.5, 0.6) is 0 Å². The molecule has 4 unspecified atom stereocenters. The summed E-state index contributed by atoms with van der Waals surface area (Å²) in [4.78, 5) is 27.3. The number of rotatable bonds is 2. The maximum atomic E-state index is 12.7. The fraction of sp³-hybridized carbons (Fsp3) is 0.417. The van der Waals surface area contributed by atoms with Crippen LogP contribution in [0.25, 0.3) is 0 Å². The SMILES string of the molecule is O=C1C(=O)C2CCC(c3ccc(S)cc3)C3C(c4ccc(S)cc4)CCC1C23. The van der Waals surface area contributed by atoms with Gasteiger partial charge in [-0.2, -0.15) is 0 Å². The Hall–Kier alpha value is -1.52. The van der Waals surface area contributed by atoms with Gasteiger partial charge in [0.25, 0.3) is 0 Å². The van der Waals surface area contributed by atoms with Crippen LogP contribution in [0, 0.1) is 23.7 Å². The van der Waals surface area contributed by atoms with E-state index in [9.17, 15) is 9.59 Å². The van der Waals surface area contributed by atoms with Crippen molar-refractivity contribution < 1.29 is 9.59 Å². The third-order valence-corrected chi connectivity index (χ3v) is 8.04. The molecule has 3 aliphatic carbocycles. The highest BCUT2D eigenvalue weighted by molar-refractivity contribution is 7.80. The molecule has 0 aromatic heterocycles. The molecule has 0 aliphatic heterocycles. The van der Waals surface area contributed by atoms with Gasteiger partial charge in [-0.15, -0.1) is 25.3 Å². The molecule has 0 radical (unpaired) electrons. The van der Waals surface area contributed by atoms with E-state index in [0.29, 0.717) is 17.8 Å². The van der Waals surface area contributed by atoms with Crippen LogP contribution in [-0.4, -0.2) is 11.6 Å². The molecular formula is C24H24O2S2. The van der Waals surface area contributed by atoms with E-state index in [4.69, 9.17) is 0 Å². The van der Waals surface area contributed by atoms with Crippen molar-refractivity contribution in [3.05, 3.63) is 59.7 Å². The minimum Gasteiger partial charge on any atom is -0.291 e. The van der Waals surface area contributed by atoms with Gasteiger partial charge in [-0.25, -0.2) is 0 Å². The zero-order valence-electron chi connectivity index (χ0n) is 15.6. The van der Waals surface area contributed by atoms with E-state index >= 15 is 0 Å². The normalized spacial score (nSPS) is 34.4. The number of carbonyl (C=O) groups is 2. The number of benzene rings is 2. The molecule has 0 heterocycles. The molecule has 0 spiro atoms. The highest BCUT2D eigenvalue weighted by Crippen LogP contribution is 2.60. The van der Waals surface area contributed by atoms with Crippen molar-refractivity contribution in [2.24, 2.45) is 23.7 Å². The van der Waals surface area contributed by atoms with Gasteiger partial charge in [-0.05, 0) is 84.7 Å². The van der Waals surface area contributed by atoms with Gasteiger partial charge in [-0.1, -0.05) is 24.3 Å². The summed E-state index contributed by atoms with van der Waals surface area (Å²) in [6, 6.07) is 17.0. The summed E-state index contributed by atoms with van der Waals surface area (Å²) in [7, 11) is 0. The molecule has 3 aliphatic rings. The first-order chi connectivity index (χ1) is 13.5. The monoisotopic (exact) mass is 408 g/mol. The zero-order chi connectivity index (χ0) is 19.4. The smallest absolute Gasteiger partial charge is 0.202 e. The van der Waals surface area contributed by atoms with Crippen molar-refractivity contribution in [3.63, 3.8) is 0 Å². The number of thiol groups is 2. The molecule has 4 heteroatoms. The maximum Gasteiger partial charge on any atom is 0.202 e. The summed E-state index contributed by atoms with van der Waals surface area (Å²) in [6.45, 7) is 0. The third-order valence-electron chi connectivity index (χ3n) is 7.44. The second-order valence-corrected chi connectivity index (χ2v) is 9.68. The van der Waals surface area contributed by atoms with E-state index in [1.807, 2.05) is 0 Å². The van der Waals surface area contributed by atoms with Crippen LogP contribution >= 0.6 is 25.3 Å². The first kappa shape index (κ1) is 18.5. The van der Waals surface area contributed by atoms with E-state index in [1.165, 1.54) is 11.1 Å². The Bertz CT molecular complexity index is 843. The van der Waals surface area contributed by atoms with Crippen LogP contribution in [0.4, 0.5) is 0 Å². The molecule has 4 atom stereocenters. The largest absolute Gasteiger partial charge is 0.291 e. The molecule has 0 N–H and O–H groups in total. The summed E-state index contributed by atoms with van der Waals surface area (Å²) in [5.74, 6) is 1.01. The lowest BCUT2D eigenvalue weighted by molar-refractivity contribution is -0.137. The first-order valence-corrected chi connectivity index (χ1v) is 11.1. The van der Waals surface area contributed by atoms with Crippen molar-refractivity contribution in [2.45, 2.75) is 47.3 Å². The summed E-state index contributed by atoms with van der Waals surface area (Å²) < 4.78 is 0. The van der Waals surface area contributed by atoms with Gasteiger partial charge in [0, 0.05) is 21.6 Å². The molecule has 144 valence electrons. The average molecular weight is 409 g/mol. The molecule has 2 aromatic rings. The van der Waals surface area contributed by atoms with E-state index in [0.717, 1.165) is 35.5 Å². The van der Waals surface area contributed by atoms with Gasteiger partial charge >= 0.3 is 0 Å². The number of hydrogen-bond acceptors (Lipinski definition) is 4. The Kier molecular flexibility index (Phi) is 4.67. The summed E-state index contributed by atoms with van der Waals surface area (Å²) in [5.41, 5.74) is 2.65. The molecular weight excluding hydrogens is 384 g/mol. The lowest BCUT2D eigenvalue weighted by Gasteiger charge is -2.49. The topological polar surface area (TPSA) is 34.1 Å². The number of ketones is 2. The maximum absolute atomic E-state index is 12.7. The minimum absolute atomic E-state index is 0.0603. The Balaban J connectivity index is 1.60. The molecule has 2 aromatic carbocycles. The van der Waals surface area contributed by atoms with Crippen LogP contribution in [0.1, 0.15) is 48.6 Å². The fourth-order valence-corrected chi connectivity index (χ4v) is 6.62. The third kappa shape index (κ3) is 2.88. The van der Waals surface area contributed by atoms with Crippen LogP contribution in [0.2, 0.25) is 0 Å².